The first-order chi connectivity index (χ1) is 11.7. The van der Waals surface area contributed by atoms with Gasteiger partial charge in [-0.2, -0.15) is 0 Å². The molecule has 0 spiro atoms. The van der Waals surface area contributed by atoms with E-state index < -0.39 is 5.97 Å². The van der Waals surface area contributed by atoms with Crippen molar-refractivity contribution in [3.8, 4) is 0 Å². The standard InChI is InChI=1S/C20H25NO3/c22-19(16-7-2-1-3-8-16)11-12-20(23)24-15-17-9-6-14-21-13-5-4-10-18(17)21/h1-3,7-8,11-12,17-18H,4-6,9-10,13-15H2/p+1/b12-11+/t17-,18+/m0/s1. The molecule has 4 heteroatoms. The van der Waals surface area contributed by atoms with E-state index in [-0.39, 0.29) is 5.78 Å². The highest BCUT2D eigenvalue weighted by Crippen LogP contribution is 2.20. The lowest BCUT2D eigenvalue weighted by Crippen LogP contribution is -3.18. The van der Waals surface area contributed by atoms with E-state index in [4.69, 9.17) is 4.74 Å². The lowest BCUT2D eigenvalue weighted by molar-refractivity contribution is -0.940. The zero-order valence-electron chi connectivity index (χ0n) is 14.1. The summed E-state index contributed by atoms with van der Waals surface area (Å²) in [6, 6.07) is 9.59. The molecule has 1 unspecified atom stereocenters. The maximum atomic E-state index is 11.9. The molecule has 2 fully saturated rings. The fourth-order valence-electron chi connectivity index (χ4n) is 4.06. The molecule has 2 heterocycles. The van der Waals surface area contributed by atoms with Crippen LogP contribution >= 0.6 is 0 Å². The van der Waals surface area contributed by atoms with Crippen molar-refractivity contribution in [3.05, 3.63) is 48.0 Å². The Labute approximate surface area is 143 Å². The zero-order chi connectivity index (χ0) is 16.8. The van der Waals surface area contributed by atoms with Gasteiger partial charge in [-0.1, -0.05) is 30.3 Å². The van der Waals surface area contributed by atoms with Gasteiger partial charge in [0.05, 0.1) is 19.1 Å². The van der Waals surface area contributed by atoms with E-state index in [2.05, 4.69) is 0 Å². The van der Waals surface area contributed by atoms with Crippen molar-refractivity contribution in [1.82, 2.24) is 0 Å². The van der Waals surface area contributed by atoms with Gasteiger partial charge in [-0.05, 0) is 38.2 Å². The molecule has 24 heavy (non-hydrogen) atoms. The molecular weight excluding hydrogens is 302 g/mol. The third-order valence-corrected chi connectivity index (χ3v) is 5.30. The summed E-state index contributed by atoms with van der Waals surface area (Å²) in [4.78, 5) is 25.6. The molecule has 2 aliphatic rings. The predicted octanol–water partition coefficient (Wildman–Crippen LogP) is 1.82. The number of ether oxygens (including phenoxy) is 1. The van der Waals surface area contributed by atoms with Gasteiger partial charge in [0.2, 0.25) is 0 Å². The molecule has 0 aromatic heterocycles. The summed E-state index contributed by atoms with van der Waals surface area (Å²) in [7, 11) is 0. The van der Waals surface area contributed by atoms with Crippen LogP contribution < -0.4 is 4.90 Å². The molecule has 0 saturated carbocycles. The summed E-state index contributed by atoms with van der Waals surface area (Å²) in [6.45, 7) is 3.01. The maximum absolute atomic E-state index is 11.9. The summed E-state index contributed by atoms with van der Waals surface area (Å²) < 4.78 is 5.43. The molecule has 3 rings (SSSR count). The van der Waals surface area contributed by atoms with Crippen molar-refractivity contribution in [1.29, 1.82) is 0 Å². The second kappa shape index (κ2) is 8.25. The second-order valence-electron chi connectivity index (χ2n) is 6.86. The number of carbonyl (C=O) groups is 2. The van der Waals surface area contributed by atoms with E-state index >= 15 is 0 Å². The molecule has 0 radical (unpaired) electrons. The molecule has 4 nitrogen and oxygen atoms in total. The van der Waals surface area contributed by atoms with Gasteiger partial charge in [0.15, 0.2) is 5.78 Å². The zero-order valence-corrected chi connectivity index (χ0v) is 14.1. The Morgan fingerprint density at radius 1 is 1.04 bits per heavy atom. The summed E-state index contributed by atoms with van der Waals surface area (Å²) in [5.41, 5.74) is 0.579. The van der Waals surface area contributed by atoms with Crippen LogP contribution in [0.1, 0.15) is 42.5 Å². The van der Waals surface area contributed by atoms with Crippen molar-refractivity contribution in [2.24, 2.45) is 5.92 Å². The number of esters is 1. The first-order valence-corrected chi connectivity index (χ1v) is 9.03. The Morgan fingerprint density at radius 3 is 2.67 bits per heavy atom. The summed E-state index contributed by atoms with van der Waals surface area (Å²) in [5, 5.41) is 0. The minimum Gasteiger partial charge on any atom is -0.462 e. The smallest absolute Gasteiger partial charge is 0.330 e. The lowest BCUT2D eigenvalue weighted by Gasteiger charge is -2.40. The molecule has 0 aliphatic carbocycles. The van der Waals surface area contributed by atoms with Crippen LogP contribution in [0.2, 0.25) is 0 Å². The van der Waals surface area contributed by atoms with E-state index in [1.54, 1.807) is 29.2 Å². The first-order valence-electron chi connectivity index (χ1n) is 9.03. The molecular formula is C20H26NO3+. The fraction of sp³-hybridized carbons (Fsp3) is 0.500. The summed E-state index contributed by atoms with van der Waals surface area (Å²) in [5.74, 6) is -0.119. The van der Waals surface area contributed by atoms with Gasteiger partial charge in [-0.15, -0.1) is 0 Å². The normalized spacial score (nSPS) is 26.8. The molecule has 128 valence electrons. The van der Waals surface area contributed by atoms with Crippen molar-refractivity contribution in [3.63, 3.8) is 0 Å². The van der Waals surface area contributed by atoms with E-state index in [0.717, 1.165) is 6.42 Å². The Kier molecular flexibility index (Phi) is 5.81. The van der Waals surface area contributed by atoms with Crippen molar-refractivity contribution < 1.29 is 19.2 Å². The van der Waals surface area contributed by atoms with Gasteiger partial charge in [0.25, 0.3) is 0 Å². The van der Waals surface area contributed by atoms with E-state index in [1.807, 2.05) is 6.07 Å². The molecule has 3 atom stereocenters. The number of hydrogen-bond donors (Lipinski definition) is 1. The predicted molar refractivity (Wildman–Crippen MR) is 91.9 cm³/mol. The highest BCUT2D eigenvalue weighted by molar-refractivity contribution is 6.06. The average molecular weight is 328 g/mol. The van der Waals surface area contributed by atoms with Gasteiger partial charge in [-0.3, -0.25) is 4.79 Å². The molecule has 0 amide bonds. The number of ketones is 1. The monoisotopic (exact) mass is 328 g/mol. The number of quaternary nitrogens is 1. The van der Waals surface area contributed by atoms with Gasteiger partial charge in [0.1, 0.15) is 6.61 Å². The Hall–Kier alpha value is -1.94. The van der Waals surface area contributed by atoms with Crippen molar-refractivity contribution >= 4 is 11.8 Å². The van der Waals surface area contributed by atoms with Crippen LogP contribution in [-0.2, 0) is 9.53 Å². The highest BCUT2D eigenvalue weighted by Gasteiger charge is 2.36. The Morgan fingerprint density at radius 2 is 1.83 bits per heavy atom. The largest absolute Gasteiger partial charge is 0.462 e. The topological polar surface area (TPSA) is 47.8 Å². The van der Waals surface area contributed by atoms with Crippen LogP contribution in [0.3, 0.4) is 0 Å². The van der Waals surface area contributed by atoms with Gasteiger partial charge < -0.3 is 9.64 Å². The number of allylic oxidation sites excluding steroid dienone is 1. The van der Waals surface area contributed by atoms with E-state index in [1.165, 1.54) is 50.9 Å². The number of carbonyl (C=O) groups excluding carboxylic acids is 2. The fourth-order valence-corrected chi connectivity index (χ4v) is 4.06. The molecule has 1 aromatic carbocycles. The number of nitrogens with one attached hydrogen (secondary N) is 1. The SMILES string of the molecule is O=C(/C=C/C(=O)c1ccccc1)OC[C@@H]1CCC[NH+]2CCCC[C@H]12. The van der Waals surface area contributed by atoms with Crippen LogP contribution in [0.15, 0.2) is 42.5 Å². The van der Waals surface area contributed by atoms with E-state index in [0.29, 0.717) is 24.1 Å². The number of benzene rings is 1. The minimum absolute atomic E-state index is 0.173. The van der Waals surface area contributed by atoms with Crippen LogP contribution in [0.25, 0.3) is 0 Å². The van der Waals surface area contributed by atoms with Gasteiger partial charge in [0, 0.05) is 17.6 Å². The molecule has 2 saturated heterocycles. The van der Waals surface area contributed by atoms with Crippen LogP contribution in [0, 0.1) is 5.92 Å². The highest BCUT2D eigenvalue weighted by atomic mass is 16.5. The summed E-state index contributed by atoms with van der Waals surface area (Å²) in [6.07, 6.45) is 8.79. The van der Waals surface area contributed by atoms with E-state index in [9.17, 15) is 9.59 Å². The Balaban J connectivity index is 1.48. The number of rotatable bonds is 5. The third-order valence-electron chi connectivity index (χ3n) is 5.30. The molecule has 2 aliphatic heterocycles. The Bertz CT molecular complexity index is 594. The van der Waals surface area contributed by atoms with Crippen molar-refractivity contribution in [2.45, 2.75) is 38.1 Å². The number of piperidine rings is 2. The second-order valence-corrected chi connectivity index (χ2v) is 6.86. The molecule has 0 bridgehead atoms. The molecule has 1 N–H and O–H groups in total. The van der Waals surface area contributed by atoms with Crippen LogP contribution in [0.4, 0.5) is 0 Å². The van der Waals surface area contributed by atoms with Gasteiger partial charge in [-0.25, -0.2) is 4.79 Å². The molecule has 1 aromatic rings. The number of fused-ring (bicyclic) bond motifs is 1. The maximum Gasteiger partial charge on any atom is 0.330 e. The average Bonchev–Trinajstić information content (AvgIpc) is 2.65. The first kappa shape index (κ1) is 16.9. The van der Waals surface area contributed by atoms with Crippen molar-refractivity contribution in [2.75, 3.05) is 19.7 Å². The number of hydrogen-bond acceptors (Lipinski definition) is 3. The van der Waals surface area contributed by atoms with Gasteiger partial charge >= 0.3 is 5.97 Å². The van der Waals surface area contributed by atoms with Crippen LogP contribution in [-0.4, -0.2) is 37.5 Å². The lowest BCUT2D eigenvalue weighted by atomic mass is 9.84. The quantitative estimate of drug-likeness (QED) is 0.509. The summed E-state index contributed by atoms with van der Waals surface area (Å²) >= 11 is 0. The van der Waals surface area contributed by atoms with Crippen LogP contribution in [0.5, 0.6) is 0 Å². The minimum atomic E-state index is -0.415. The third kappa shape index (κ3) is 4.32.